The fraction of sp³-hybridized carbons (Fsp3) is 0.125. The van der Waals surface area contributed by atoms with Gasteiger partial charge in [-0.05, 0) is 74.4 Å². The van der Waals surface area contributed by atoms with Gasteiger partial charge in [-0.25, -0.2) is 25.7 Å². The summed E-state index contributed by atoms with van der Waals surface area (Å²) in [6.45, 7) is 2.80. The average Bonchev–Trinajstić information content (AvgIpc) is 3.95. The van der Waals surface area contributed by atoms with Gasteiger partial charge in [-0.2, -0.15) is 22.1 Å². The number of aromatic hydroxyl groups is 2. The molecule has 0 radical (unpaired) electrons. The SMILES string of the molecule is Cc1cc(N=Nc2c(SOOO)cc3c(S(=O)(=O)O)c(N=Nc4c(C)c(C#N)c5nc6ccccc6n5c4O)ccc3c2O)c(OCCCS(=O)(=O)O)cc1N=Nc1nc2cc(SOOO)c(SOOO)cc2s1. The minimum Gasteiger partial charge on any atom is -0.505 e. The van der Waals surface area contributed by atoms with Crippen LogP contribution in [0.25, 0.3) is 37.7 Å². The largest absolute Gasteiger partial charge is 0.505 e. The van der Waals surface area contributed by atoms with Crippen LogP contribution in [0.3, 0.4) is 0 Å². The quantitative estimate of drug-likeness (QED) is 0.00877. The van der Waals surface area contributed by atoms with Gasteiger partial charge in [0.25, 0.3) is 20.2 Å². The van der Waals surface area contributed by atoms with Crippen LogP contribution in [0, 0.1) is 25.2 Å². The van der Waals surface area contributed by atoms with E-state index in [1.54, 1.807) is 37.3 Å². The maximum Gasteiger partial charge on any atom is 0.297 e. The number of fused-ring (bicyclic) bond motifs is 5. The van der Waals surface area contributed by atoms with Crippen LogP contribution >= 0.6 is 47.5 Å². The van der Waals surface area contributed by atoms with Crippen LogP contribution in [0.5, 0.6) is 17.4 Å². The van der Waals surface area contributed by atoms with Crippen molar-refractivity contribution in [2.45, 2.75) is 39.9 Å². The van der Waals surface area contributed by atoms with Gasteiger partial charge >= 0.3 is 0 Å². The molecule has 74 heavy (non-hydrogen) atoms. The van der Waals surface area contributed by atoms with Crippen LogP contribution in [0.15, 0.2) is 117 Å². The third kappa shape index (κ3) is 11.7. The van der Waals surface area contributed by atoms with Crippen LogP contribution < -0.4 is 4.74 Å². The number of nitrogens with zero attached hydrogens (tertiary/aromatic N) is 10. The smallest absolute Gasteiger partial charge is 0.297 e. The number of phenols is 1. The molecule has 384 valence electrons. The molecule has 0 saturated heterocycles. The molecule has 34 heteroatoms. The molecular weight excluding hydrogens is 1100 g/mol. The number of benzene rings is 5. The number of imidazole rings is 1. The molecule has 5 aromatic carbocycles. The Morgan fingerprint density at radius 3 is 2.08 bits per heavy atom. The number of hydrogen-bond donors (Lipinski definition) is 7. The highest BCUT2D eigenvalue weighted by molar-refractivity contribution is 7.97. The number of aromatic nitrogens is 3. The molecule has 0 aliphatic carbocycles. The molecule has 0 fully saturated rings. The molecule has 0 amide bonds. The first-order valence-corrected chi connectivity index (χ1v) is 26.2. The van der Waals surface area contributed by atoms with Gasteiger partial charge in [0.1, 0.15) is 39.3 Å². The van der Waals surface area contributed by atoms with E-state index in [1.807, 2.05) is 6.07 Å². The number of aryl methyl sites for hydroxylation is 1. The Labute approximate surface area is 430 Å². The number of ether oxygens (including phenoxy) is 1. The first-order valence-electron chi connectivity index (χ1n) is 20.1. The van der Waals surface area contributed by atoms with Crippen LogP contribution in [0.2, 0.25) is 0 Å². The van der Waals surface area contributed by atoms with Gasteiger partial charge in [0.15, 0.2) is 17.1 Å². The van der Waals surface area contributed by atoms with Crippen molar-refractivity contribution in [3.63, 3.8) is 0 Å². The first-order chi connectivity index (χ1) is 35.4. The number of nitriles is 1. The standard InChI is InChI=1S/C40H30N10O18S6/c1-18-12-26(29(62-10-5-11-73(56,57)58)14-25(18)45-49-40-43-27-15-31(70-66-63-53)32(71-67-64-54)16-30(27)69-40)46-48-35-33(72-68-65-55)13-21-20(36(35)51)8-9-24(37(21)74(59,60)61)44-47-34-19(2)22(17-41)38-42-23-6-3-4-7-28(23)50(38)39(34)52/h3-4,6-9,12-16,51-55H,5,10-11H2,1-2H3,(H,56,57,58)(H,59,60,61). The van der Waals surface area contributed by atoms with Crippen LogP contribution in [0.1, 0.15) is 23.1 Å². The minimum absolute atomic E-state index is 0.0336. The van der Waals surface area contributed by atoms with Crippen molar-refractivity contribution in [3.8, 4) is 23.4 Å². The Kier molecular flexibility index (Phi) is 16.6. The maximum absolute atomic E-state index is 13.2. The number of rotatable bonds is 21. The predicted molar refractivity (Wildman–Crippen MR) is 261 cm³/mol. The Morgan fingerprint density at radius 2 is 1.39 bits per heavy atom. The van der Waals surface area contributed by atoms with E-state index in [-0.39, 0.29) is 85.5 Å². The van der Waals surface area contributed by atoms with E-state index in [9.17, 15) is 41.4 Å². The highest BCUT2D eigenvalue weighted by atomic mass is 32.2. The summed E-state index contributed by atoms with van der Waals surface area (Å²) in [5.74, 6) is -1.96. The van der Waals surface area contributed by atoms with Crippen molar-refractivity contribution in [2.24, 2.45) is 30.7 Å². The highest BCUT2D eigenvalue weighted by Gasteiger charge is 2.27. The highest BCUT2D eigenvalue weighted by Crippen LogP contribution is 2.49. The molecule has 0 saturated carbocycles. The molecular formula is C40H30N10O18S6. The average molecular weight is 1130 g/mol. The summed E-state index contributed by atoms with van der Waals surface area (Å²) in [6, 6.07) is 18.1. The first kappa shape index (κ1) is 53.7. The lowest BCUT2D eigenvalue weighted by atomic mass is 10.1. The van der Waals surface area contributed by atoms with Crippen molar-refractivity contribution in [2.75, 3.05) is 12.4 Å². The normalized spacial score (nSPS) is 12.5. The lowest BCUT2D eigenvalue weighted by molar-refractivity contribution is -0.432. The number of pyridine rings is 1. The van der Waals surface area contributed by atoms with Crippen molar-refractivity contribution >= 4 is 139 Å². The Balaban J connectivity index is 1.18. The van der Waals surface area contributed by atoms with Crippen LogP contribution in [-0.2, 0) is 48.4 Å². The molecule has 0 aliphatic heterocycles. The molecule has 0 spiro atoms. The molecule has 8 rings (SSSR count). The van der Waals surface area contributed by atoms with Crippen LogP contribution in [-0.4, -0.2) is 78.7 Å². The van der Waals surface area contributed by atoms with Gasteiger partial charge in [0.05, 0.1) is 90.1 Å². The molecule has 0 atom stereocenters. The molecule has 0 aliphatic rings. The van der Waals surface area contributed by atoms with Crippen molar-refractivity contribution in [1.82, 2.24) is 14.4 Å². The van der Waals surface area contributed by atoms with Gasteiger partial charge in [0.2, 0.25) is 11.0 Å². The van der Waals surface area contributed by atoms with Gasteiger partial charge in [-0.1, -0.05) is 38.6 Å². The summed E-state index contributed by atoms with van der Waals surface area (Å²) >= 11 is 2.51. The molecule has 3 aromatic heterocycles. The maximum atomic E-state index is 13.2. The van der Waals surface area contributed by atoms with E-state index in [2.05, 4.69) is 68.8 Å². The van der Waals surface area contributed by atoms with E-state index in [0.29, 0.717) is 60.7 Å². The minimum atomic E-state index is -5.25. The van der Waals surface area contributed by atoms with E-state index < -0.39 is 53.9 Å². The number of azo groups is 3. The zero-order chi connectivity index (χ0) is 52.9. The number of thiazole rings is 1. The molecule has 28 nitrogen and oxygen atoms in total. The zero-order valence-electron chi connectivity index (χ0n) is 37.0. The predicted octanol–water partition coefficient (Wildman–Crippen LogP) is 11.6. The van der Waals surface area contributed by atoms with Crippen molar-refractivity contribution < 1.29 is 84.8 Å². The van der Waals surface area contributed by atoms with E-state index in [1.165, 1.54) is 35.6 Å². The van der Waals surface area contributed by atoms with Crippen LogP contribution in [0.4, 0.5) is 33.6 Å². The second-order valence-electron chi connectivity index (χ2n) is 14.7. The molecule has 0 bridgehead atoms. The van der Waals surface area contributed by atoms with E-state index >= 15 is 0 Å². The monoisotopic (exact) mass is 1130 g/mol. The summed E-state index contributed by atoms with van der Waals surface area (Å²) in [6.07, 6.45) is -0.182. The van der Waals surface area contributed by atoms with E-state index in [4.69, 9.17) is 20.5 Å². The summed E-state index contributed by atoms with van der Waals surface area (Å²) in [5, 5.41) is 95.4. The second-order valence-corrected chi connectivity index (χ2v) is 20.9. The molecule has 3 heterocycles. The fourth-order valence-electron chi connectivity index (χ4n) is 7.06. The summed E-state index contributed by atoms with van der Waals surface area (Å²) in [5.41, 5.74) is 0.995. The topological polar surface area (TPSA) is 403 Å². The Morgan fingerprint density at radius 1 is 0.730 bits per heavy atom. The lowest BCUT2D eigenvalue weighted by Gasteiger charge is -2.13. The summed E-state index contributed by atoms with van der Waals surface area (Å²) in [4.78, 5) is 8.42. The zero-order valence-corrected chi connectivity index (χ0v) is 41.9. The number of hydrogen-bond acceptors (Lipinski definition) is 29. The molecule has 7 N–H and O–H groups in total. The fourth-order valence-corrected chi connectivity index (χ4v) is 10.7. The van der Waals surface area contributed by atoms with Crippen molar-refractivity contribution in [3.05, 3.63) is 83.4 Å². The van der Waals surface area contributed by atoms with Gasteiger partial charge in [-0.3, -0.25) is 13.5 Å². The molecule has 0 unspecified atom stereocenters. The number of para-hydroxylation sites is 2. The van der Waals surface area contributed by atoms with Gasteiger partial charge < -0.3 is 14.9 Å². The lowest BCUT2D eigenvalue weighted by Crippen LogP contribution is -2.08. The Hall–Kier alpha value is -6.60. The van der Waals surface area contributed by atoms with E-state index in [0.717, 1.165) is 23.5 Å². The third-order valence-electron chi connectivity index (χ3n) is 10.2. The summed E-state index contributed by atoms with van der Waals surface area (Å²) < 4.78 is 90.6. The second kappa shape index (κ2) is 22.9. The Bertz CT molecular complexity index is 3830. The number of phenolic OH excluding ortho intramolecular Hbond substituents is 1. The van der Waals surface area contributed by atoms with Gasteiger partial charge in [-0.15, -0.1) is 43.7 Å². The van der Waals surface area contributed by atoms with Gasteiger partial charge in [0, 0.05) is 22.4 Å². The molecule has 8 aromatic rings. The van der Waals surface area contributed by atoms with Crippen molar-refractivity contribution in [1.29, 1.82) is 5.26 Å². The third-order valence-corrected chi connectivity index (χ3v) is 14.9. The summed E-state index contributed by atoms with van der Waals surface area (Å²) in [7, 11) is -9.62.